The Labute approximate surface area is 126 Å². The van der Waals surface area contributed by atoms with Crippen molar-refractivity contribution in [2.24, 2.45) is 5.92 Å². The molecule has 0 amide bonds. The number of halogens is 1. The fourth-order valence-electron chi connectivity index (χ4n) is 2.57. The van der Waals surface area contributed by atoms with Crippen molar-refractivity contribution in [2.45, 2.75) is 71.6 Å². The molecule has 1 aromatic rings. The van der Waals surface area contributed by atoms with Crippen molar-refractivity contribution < 1.29 is 0 Å². The molecule has 0 radical (unpaired) electrons. The zero-order chi connectivity index (χ0) is 13.1. The maximum absolute atomic E-state index is 2.39. The molecule has 19 heavy (non-hydrogen) atoms. The van der Waals surface area contributed by atoms with Crippen LogP contribution in [0.15, 0.2) is 30.3 Å². The minimum atomic E-state index is 0. The van der Waals surface area contributed by atoms with E-state index in [1.807, 2.05) is 0 Å². The predicted octanol–water partition coefficient (Wildman–Crippen LogP) is 6.43. The van der Waals surface area contributed by atoms with Gasteiger partial charge in [-0.05, 0) is 17.9 Å². The van der Waals surface area contributed by atoms with E-state index < -0.39 is 0 Å². The lowest BCUT2D eigenvalue weighted by Gasteiger charge is -2.11. The van der Waals surface area contributed by atoms with Gasteiger partial charge in [-0.2, -0.15) is 0 Å². The van der Waals surface area contributed by atoms with Crippen LogP contribution < -0.4 is 0 Å². The number of benzene rings is 1. The lowest BCUT2D eigenvalue weighted by atomic mass is 9.95. The average molecular weight is 283 g/mol. The van der Waals surface area contributed by atoms with Crippen LogP contribution in [0.2, 0.25) is 0 Å². The summed E-state index contributed by atoms with van der Waals surface area (Å²) in [6.45, 7) is 4.68. The normalized spacial score (nSPS) is 11.9. The van der Waals surface area contributed by atoms with Crippen LogP contribution in [0.5, 0.6) is 0 Å². The minimum Gasteiger partial charge on any atom is -0.147 e. The quantitative estimate of drug-likeness (QED) is 0.434. The van der Waals surface area contributed by atoms with E-state index in [4.69, 9.17) is 0 Å². The Morgan fingerprint density at radius 1 is 0.842 bits per heavy atom. The molecule has 0 saturated carbocycles. The first-order valence-corrected chi connectivity index (χ1v) is 7.87. The van der Waals surface area contributed by atoms with Gasteiger partial charge in [0, 0.05) is 0 Å². The molecule has 0 saturated heterocycles. The first-order valence-electron chi connectivity index (χ1n) is 7.87. The van der Waals surface area contributed by atoms with Crippen LogP contribution in [0.4, 0.5) is 0 Å². The van der Waals surface area contributed by atoms with Crippen molar-refractivity contribution in [2.75, 3.05) is 0 Å². The van der Waals surface area contributed by atoms with Gasteiger partial charge >= 0.3 is 0 Å². The molecule has 110 valence electrons. The van der Waals surface area contributed by atoms with Crippen LogP contribution in [0.3, 0.4) is 0 Å². The lowest BCUT2D eigenvalue weighted by Crippen LogP contribution is -1.99. The second kappa shape index (κ2) is 12.5. The van der Waals surface area contributed by atoms with E-state index in [1.165, 1.54) is 63.4 Å². The Balaban J connectivity index is 0.00000324. The van der Waals surface area contributed by atoms with Gasteiger partial charge in [0.2, 0.25) is 0 Å². The van der Waals surface area contributed by atoms with Gasteiger partial charge in [0.25, 0.3) is 0 Å². The van der Waals surface area contributed by atoms with Crippen LogP contribution in [-0.2, 0) is 6.42 Å². The summed E-state index contributed by atoms with van der Waals surface area (Å²) in [6, 6.07) is 10.9. The molecular weight excluding hydrogens is 252 g/mol. The summed E-state index contributed by atoms with van der Waals surface area (Å²) >= 11 is 0. The van der Waals surface area contributed by atoms with Crippen molar-refractivity contribution in [1.82, 2.24) is 0 Å². The Hall–Kier alpha value is -0.490. The van der Waals surface area contributed by atoms with Crippen molar-refractivity contribution in [1.29, 1.82) is 0 Å². The van der Waals surface area contributed by atoms with Crippen LogP contribution in [0, 0.1) is 5.92 Å². The van der Waals surface area contributed by atoms with Crippen molar-refractivity contribution in [3.63, 3.8) is 0 Å². The SMILES string of the molecule is CCCCCCCCCC(C)Cc1ccccc1.Cl. The summed E-state index contributed by atoms with van der Waals surface area (Å²) < 4.78 is 0. The molecule has 0 fully saturated rings. The smallest absolute Gasteiger partial charge is 0.0253 e. The van der Waals surface area contributed by atoms with E-state index in [-0.39, 0.29) is 12.4 Å². The summed E-state index contributed by atoms with van der Waals surface area (Å²) in [5.74, 6) is 0.836. The van der Waals surface area contributed by atoms with Crippen LogP contribution >= 0.6 is 12.4 Å². The third kappa shape index (κ3) is 10.0. The zero-order valence-corrected chi connectivity index (χ0v) is 13.6. The molecule has 0 aliphatic carbocycles. The van der Waals surface area contributed by atoms with E-state index in [2.05, 4.69) is 44.2 Å². The number of unbranched alkanes of at least 4 members (excludes halogenated alkanes) is 6. The molecule has 1 rings (SSSR count). The maximum Gasteiger partial charge on any atom is -0.0253 e. The van der Waals surface area contributed by atoms with Gasteiger partial charge in [0.05, 0.1) is 0 Å². The highest BCUT2D eigenvalue weighted by molar-refractivity contribution is 5.85. The second-order valence-electron chi connectivity index (χ2n) is 5.70. The molecule has 0 aromatic heterocycles. The summed E-state index contributed by atoms with van der Waals surface area (Å²) in [5, 5.41) is 0. The van der Waals surface area contributed by atoms with Gasteiger partial charge < -0.3 is 0 Å². The third-order valence-electron chi connectivity index (χ3n) is 3.73. The molecular formula is C18H31Cl. The third-order valence-corrected chi connectivity index (χ3v) is 3.73. The molecule has 1 heteroatoms. The molecule has 0 aliphatic rings. The summed E-state index contributed by atoms with van der Waals surface area (Å²) in [7, 11) is 0. The number of rotatable bonds is 10. The van der Waals surface area contributed by atoms with Gasteiger partial charge in [0.1, 0.15) is 0 Å². The fourth-order valence-corrected chi connectivity index (χ4v) is 2.57. The molecule has 0 N–H and O–H groups in total. The van der Waals surface area contributed by atoms with Crippen LogP contribution in [0.1, 0.15) is 70.8 Å². The number of hydrogen-bond acceptors (Lipinski definition) is 0. The van der Waals surface area contributed by atoms with E-state index in [0.29, 0.717) is 0 Å². The van der Waals surface area contributed by atoms with Gasteiger partial charge in [-0.15, -0.1) is 12.4 Å². The van der Waals surface area contributed by atoms with Crippen LogP contribution in [-0.4, -0.2) is 0 Å². The average Bonchev–Trinajstić information content (AvgIpc) is 2.39. The summed E-state index contributed by atoms with van der Waals surface area (Å²) in [5.41, 5.74) is 1.49. The van der Waals surface area contributed by atoms with Gasteiger partial charge in [-0.1, -0.05) is 95.5 Å². The van der Waals surface area contributed by atoms with Gasteiger partial charge in [-0.25, -0.2) is 0 Å². The Kier molecular flexibility index (Phi) is 12.2. The van der Waals surface area contributed by atoms with E-state index >= 15 is 0 Å². The molecule has 0 heterocycles. The topological polar surface area (TPSA) is 0 Å². The fraction of sp³-hybridized carbons (Fsp3) is 0.667. The standard InChI is InChI=1S/C18H30.ClH/c1-3-4-5-6-7-8-10-13-17(2)16-18-14-11-9-12-15-18;/h9,11-12,14-15,17H,3-8,10,13,16H2,1-2H3;1H. The monoisotopic (exact) mass is 282 g/mol. The Morgan fingerprint density at radius 3 is 2.05 bits per heavy atom. The van der Waals surface area contributed by atoms with E-state index in [1.54, 1.807) is 0 Å². The van der Waals surface area contributed by atoms with E-state index in [0.717, 1.165) is 5.92 Å². The Morgan fingerprint density at radius 2 is 1.42 bits per heavy atom. The first kappa shape index (κ1) is 18.5. The molecule has 0 bridgehead atoms. The number of hydrogen-bond donors (Lipinski definition) is 0. The van der Waals surface area contributed by atoms with Crippen LogP contribution in [0.25, 0.3) is 0 Å². The van der Waals surface area contributed by atoms with Gasteiger partial charge in [-0.3, -0.25) is 0 Å². The molecule has 0 nitrogen and oxygen atoms in total. The molecule has 0 spiro atoms. The summed E-state index contributed by atoms with van der Waals surface area (Å²) in [4.78, 5) is 0. The van der Waals surface area contributed by atoms with E-state index in [9.17, 15) is 0 Å². The molecule has 1 aromatic carbocycles. The largest absolute Gasteiger partial charge is 0.147 e. The van der Waals surface area contributed by atoms with Crippen molar-refractivity contribution in [3.8, 4) is 0 Å². The predicted molar refractivity (Wildman–Crippen MR) is 89.2 cm³/mol. The molecule has 1 unspecified atom stereocenters. The maximum atomic E-state index is 2.39. The first-order chi connectivity index (χ1) is 8.83. The lowest BCUT2D eigenvalue weighted by molar-refractivity contribution is 0.479. The van der Waals surface area contributed by atoms with Crippen molar-refractivity contribution >= 4 is 12.4 Å². The Bertz CT molecular complexity index is 281. The minimum absolute atomic E-state index is 0. The molecule has 0 aliphatic heterocycles. The highest BCUT2D eigenvalue weighted by Gasteiger charge is 2.03. The van der Waals surface area contributed by atoms with Gasteiger partial charge in [0.15, 0.2) is 0 Å². The highest BCUT2D eigenvalue weighted by Crippen LogP contribution is 2.16. The second-order valence-corrected chi connectivity index (χ2v) is 5.70. The zero-order valence-electron chi connectivity index (χ0n) is 12.7. The highest BCUT2D eigenvalue weighted by atomic mass is 35.5. The van der Waals surface area contributed by atoms with Crippen molar-refractivity contribution in [3.05, 3.63) is 35.9 Å². The molecule has 1 atom stereocenters. The summed E-state index contributed by atoms with van der Waals surface area (Å²) in [6.07, 6.45) is 12.6.